The van der Waals surface area contributed by atoms with Crippen molar-refractivity contribution in [2.45, 2.75) is 11.8 Å². The summed E-state index contributed by atoms with van der Waals surface area (Å²) in [6, 6.07) is 5.03. The van der Waals surface area contributed by atoms with E-state index in [4.69, 9.17) is 5.11 Å². The van der Waals surface area contributed by atoms with Crippen LogP contribution in [0.5, 0.6) is 0 Å². The molecule has 112 valence electrons. The Morgan fingerprint density at radius 2 is 2.00 bits per heavy atom. The molecule has 0 aliphatic rings. The molecule has 0 spiro atoms. The molecule has 0 saturated heterocycles. The highest BCUT2D eigenvalue weighted by molar-refractivity contribution is 7.92. The fourth-order valence-corrected chi connectivity index (χ4v) is 2.94. The van der Waals surface area contributed by atoms with Crippen molar-refractivity contribution in [1.82, 2.24) is 4.57 Å². The van der Waals surface area contributed by atoms with Crippen LogP contribution in [0.1, 0.15) is 16.1 Å². The molecule has 0 atom stereocenters. The van der Waals surface area contributed by atoms with Crippen LogP contribution in [0.4, 0.5) is 10.1 Å². The summed E-state index contributed by atoms with van der Waals surface area (Å²) in [6.45, 7) is 1.70. The predicted molar refractivity (Wildman–Crippen MR) is 74.3 cm³/mol. The number of anilines is 1. The first kappa shape index (κ1) is 15.0. The number of hydrogen-bond acceptors (Lipinski definition) is 3. The van der Waals surface area contributed by atoms with E-state index in [-0.39, 0.29) is 16.3 Å². The number of nitrogens with zero attached hydrogens (tertiary/aromatic N) is 1. The molecule has 0 saturated carbocycles. The van der Waals surface area contributed by atoms with Crippen molar-refractivity contribution in [3.8, 4) is 0 Å². The number of hydrogen-bond donors (Lipinski definition) is 2. The van der Waals surface area contributed by atoms with E-state index in [1.807, 2.05) is 0 Å². The van der Waals surface area contributed by atoms with Crippen molar-refractivity contribution in [2.24, 2.45) is 7.05 Å². The number of aromatic nitrogens is 1. The Morgan fingerprint density at radius 3 is 2.57 bits per heavy atom. The quantitative estimate of drug-likeness (QED) is 0.903. The number of halogens is 1. The molecule has 0 radical (unpaired) electrons. The summed E-state index contributed by atoms with van der Waals surface area (Å²) in [5, 5.41) is 8.92. The molecule has 0 aliphatic carbocycles. The maximum absolute atomic E-state index is 13.6. The van der Waals surface area contributed by atoms with Crippen molar-refractivity contribution < 1.29 is 22.7 Å². The van der Waals surface area contributed by atoms with Crippen LogP contribution in [0, 0.1) is 12.7 Å². The summed E-state index contributed by atoms with van der Waals surface area (Å²) >= 11 is 0. The first-order valence-corrected chi connectivity index (χ1v) is 7.37. The van der Waals surface area contributed by atoms with Crippen LogP contribution < -0.4 is 4.72 Å². The second kappa shape index (κ2) is 5.21. The zero-order valence-electron chi connectivity index (χ0n) is 11.3. The Morgan fingerprint density at radius 1 is 1.33 bits per heavy atom. The Balaban J connectivity index is 2.41. The SMILES string of the molecule is Cc1ccc(F)c(NS(=O)(=O)c2cc(C(=O)O)n(C)c2)c1. The molecule has 1 aromatic heterocycles. The van der Waals surface area contributed by atoms with Crippen molar-refractivity contribution in [3.63, 3.8) is 0 Å². The van der Waals surface area contributed by atoms with Crippen LogP contribution in [-0.4, -0.2) is 24.1 Å². The third-order valence-electron chi connectivity index (χ3n) is 2.88. The van der Waals surface area contributed by atoms with Crippen LogP contribution in [0.2, 0.25) is 0 Å². The minimum Gasteiger partial charge on any atom is -0.477 e. The molecule has 6 nitrogen and oxygen atoms in total. The van der Waals surface area contributed by atoms with Gasteiger partial charge in [-0.05, 0) is 30.7 Å². The minimum atomic E-state index is -4.06. The lowest BCUT2D eigenvalue weighted by molar-refractivity contribution is 0.0686. The summed E-state index contributed by atoms with van der Waals surface area (Å²) in [5.74, 6) is -1.96. The largest absolute Gasteiger partial charge is 0.477 e. The Labute approximate surface area is 120 Å². The van der Waals surface area contributed by atoms with E-state index in [0.717, 1.165) is 18.3 Å². The third-order valence-corrected chi connectivity index (χ3v) is 4.21. The molecule has 0 fully saturated rings. The maximum Gasteiger partial charge on any atom is 0.352 e. The fraction of sp³-hybridized carbons (Fsp3) is 0.154. The molecular formula is C13H13FN2O4S. The van der Waals surface area contributed by atoms with E-state index in [1.165, 1.54) is 23.7 Å². The number of rotatable bonds is 4. The van der Waals surface area contributed by atoms with Gasteiger partial charge in [0, 0.05) is 13.2 Å². The molecule has 1 aromatic carbocycles. The standard InChI is InChI=1S/C13H13FN2O4S/c1-8-3-4-10(14)11(5-8)15-21(19,20)9-6-12(13(17)18)16(2)7-9/h3-7,15H,1-2H3,(H,17,18). The summed E-state index contributed by atoms with van der Waals surface area (Å²) in [6.07, 6.45) is 1.15. The van der Waals surface area contributed by atoms with Gasteiger partial charge in [-0.2, -0.15) is 0 Å². The number of benzene rings is 1. The number of aryl methyl sites for hydroxylation is 2. The van der Waals surface area contributed by atoms with Crippen molar-refractivity contribution in [1.29, 1.82) is 0 Å². The lowest BCUT2D eigenvalue weighted by atomic mass is 10.2. The fourth-order valence-electron chi connectivity index (χ4n) is 1.81. The Bertz CT molecular complexity index is 812. The van der Waals surface area contributed by atoms with E-state index in [9.17, 15) is 17.6 Å². The van der Waals surface area contributed by atoms with E-state index < -0.39 is 21.8 Å². The number of carboxylic acid groups (broad SMARTS) is 1. The van der Waals surface area contributed by atoms with Gasteiger partial charge in [0.2, 0.25) is 0 Å². The van der Waals surface area contributed by atoms with Gasteiger partial charge in [0.15, 0.2) is 0 Å². The van der Waals surface area contributed by atoms with Gasteiger partial charge in [0.05, 0.1) is 5.69 Å². The number of aromatic carboxylic acids is 1. The van der Waals surface area contributed by atoms with E-state index in [2.05, 4.69) is 4.72 Å². The molecule has 21 heavy (non-hydrogen) atoms. The molecule has 2 aromatic rings. The first-order chi connectivity index (χ1) is 9.70. The lowest BCUT2D eigenvalue weighted by Gasteiger charge is -2.08. The number of carbonyl (C=O) groups is 1. The number of nitrogens with one attached hydrogen (secondary N) is 1. The average molecular weight is 312 g/mol. The van der Waals surface area contributed by atoms with Gasteiger partial charge in [-0.3, -0.25) is 4.72 Å². The van der Waals surface area contributed by atoms with E-state index in [0.29, 0.717) is 5.56 Å². The van der Waals surface area contributed by atoms with Crippen LogP contribution in [0.25, 0.3) is 0 Å². The maximum atomic E-state index is 13.6. The molecule has 1 heterocycles. The molecule has 0 bridgehead atoms. The molecule has 2 N–H and O–H groups in total. The average Bonchev–Trinajstić information content (AvgIpc) is 2.77. The summed E-state index contributed by atoms with van der Waals surface area (Å²) in [4.78, 5) is 10.7. The highest BCUT2D eigenvalue weighted by atomic mass is 32.2. The number of carboxylic acids is 1. The van der Waals surface area contributed by atoms with E-state index >= 15 is 0 Å². The van der Waals surface area contributed by atoms with E-state index in [1.54, 1.807) is 6.92 Å². The second-order valence-electron chi connectivity index (χ2n) is 4.57. The van der Waals surface area contributed by atoms with Crippen molar-refractivity contribution in [2.75, 3.05) is 4.72 Å². The van der Waals surface area contributed by atoms with Crippen molar-refractivity contribution in [3.05, 3.63) is 47.5 Å². The third kappa shape index (κ3) is 3.05. The van der Waals surface area contributed by atoms with Crippen LogP contribution in [0.3, 0.4) is 0 Å². The topological polar surface area (TPSA) is 88.4 Å². The Kier molecular flexibility index (Phi) is 3.73. The molecule has 0 amide bonds. The molecule has 8 heteroatoms. The van der Waals surface area contributed by atoms with Gasteiger partial charge in [-0.15, -0.1) is 0 Å². The normalized spacial score (nSPS) is 11.4. The van der Waals surface area contributed by atoms with Gasteiger partial charge in [0.1, 0.15) is 16.4 Å². The lowest BCUT2D eigenvalue weighted by Crippen LogP contribution is -2.13. The molecule has 0 aliphatic heterocycles. The van der Waals surface area contributed by atoms with Gasteiger partial charge < -0.3 is 9.67 Å². The number of sulfonamides is 1. The highest BCUT2D eigenvalue weighted by Gasteiger charge is 2.21. The molecular weight excluding hydrogens is 299 g/mol. The highest BCUT2D eigenvalue weighted by Crippen LogP contribution is 2.21. The predicted octanol–water partition coefficient (Wildman–Crippen LogP) is 1.97. The van der Waals surface area contributed by atoms with Crippen LogP contribution in [-0.2, 0) is 17.1 Å². The van der Waals surface area contributed by atoms with Crippen LogP contribution in [0.15, 0.2) is 35.4 Å². The van der Waals surface area contributed by atoms with Gasteiger partial charge in [0.25, 0.3) is 10.0 Å². The summed E-state index contributed by atoms with van der Waals surface area (Å²) in [5.41, 5.74) is 0.323. The molecule has 2 rings (SSSR count). The minimum absolute atomic E-state index is 0.180. The van der Waals surface area contributed by atoms with Gasteiger partial charge in [-0.25, -0.2) is 17.6 Å². The summed E-state index contributed by atoms with van der Waals surface area (Å²) in [7, 11) is -2.65. The second-order valence-corrected chi connectivity index (χ2v) is 6.25. The zero-order chi connectivity index (χ0) is 15.8. The smallest absolute Gasteiger partial charge is 0.352 e. The van der Waals surface area contributed by atoms with Crippen molar-refractivity contribution >= 4 is 21.7 Å². The monoisotopic (exact) mass is 312 g/mol. The first-order valence-electron chi connectivity index (χ1n) is 5.89. The van der Waals surface area contributed by atoms with Gasteiger partial charge in [-0.1, -0.05) is 6.07 Å². The molecule has 0 unspecified atom stereocenters. The zero-order valence-corrected chi connectivity index (χ0v) is 12.1. The summed E-state index contributed by atoms with van der Waals surface area (Å²) < 4.78 is 41.2. The van der Waals surface area contributed by atoms with Crippen LogP contribution >= 0.6 is 0 Å². The van der Waals surface area contributed by atoms with Gasteiger partial charge >= 0.3 is 5.97 Å². The Hall–Kier alpha value is -2.35.